The topological polar surface area (TPSA) is 136 Å². The number of nitrogen functional groups attached to an aromatic ring is 1. The third kappa shape index (κ3) is 3.82. The number of Topliss-reactive ketones (excluding diaryl/α,β-unsaturated/α-hetero) is 1. The van der Waals surface area contributed by atoms with Gasteiger partial charge in [0.2, 0.25) is 5.78 Å². The lowest BCUT2D eigenvalue weighted by atomic mass is 9.98. The number of halogens is 2. The molecule has 0 unspecified atom stereocenters. The van der Waals surface area contributed by atoms with Crippen molar-refractivity contribution in [1.29, 1.82) is 0 Å². The van der Waals surface area contributed by atoms with E-state index >= 15 is 0 Å². The molecular weight excluding hydrogens is 455 g/mol. The second-order valence-electron chi connectivity index (χ2n) is 7.44. The molecule has 2 aromatic carbocycles. The first-order valence-electron chi connectivity index (χ1n) is 9.56. The van der Waals surface area contributed by atoms with E-state index in [0.717, 1.165) is 28.8 Å². The molecule has 4 rings (SSSR count). The summed E-state index contributed by atoms with van der Waals surface area (Å²) >= 11 is 0. The average molecular weight is 473 g/mol. The van der Waals surface area contributed by atoms with Gasteiger partial charge in [-0.25, -0.2) is 4.98 Å². The Balaban J connectivity index is 1.89. The Kier molecular flexibility index (Phi) is 5.40. The molecule has 4 aromatic rings. The summed E-state index contributed by atoms with van der Waals surface area (Å²) in [6.45, 7) is 1.92. The molecule has 8 nitrogen and oxygen atoms in total. The first-order valence-corrected chi connectivity index (χ1v) is 11.2. The summed E-state index contributed by atoms with van der Waals surface area (Å²) in [6, 6.07) is 10.9. The van der Waals surface area contributed by atoms with Crippen LogP contribution in [-0.2, 0) is 4.57 Å². The number of ketones is 1. The van der Waals surface area contributed by atoms with Gasteiger partial charge in [-0.1, -0.05) is 18.2 Å². The second-order valence-corrected chi connectivity index (χ2v) is 9.09. The Morgan fingerprint density at radius 3 is 2.48 bits per heavy atom. The van der Waals surface area contributed by atoms with Crippen LogP contribution in [0, 0.1) is 6.92 Å². The van der Waals surface area contributed by atoms with Crippen molar-refractivity contribution in [3.05, 3.63) is 59.8 Å². The Labute approximate surface area is 186 Å². The van der Waals surface area contributed by atoms with E-state index in [1.165, 1.54) is 6.07 Å². The molecule has 4 N–H and O–H groups in total. The van der Waals surface area contributed by atoms with Crippen LogP contribution in [0.4, 0.5) is 14.6 Å². The maximum absolute atomic E-state index is 13.9. The van der Waals surface area contributed by atoms with E-state index in [2.05, 4.69) is 9.97 Å². The van der Waals surface area contributed by atoms with Gasteiger partial charge in [0.1, 0.15) is 11.3 Å². The number of methoxy groups -OCH3 is 1. The average Bonchev–Trinajstić information content (AvgIpc) is 2.77. The normalized spacial score (nSPS) is 12.3. The monoisotopic (exact) mass is 473 g/mol. The van der Waals surface area contributed by atoms with E-state index in [9.17, 15) is 18.1 Å². The smallest absolute Gasteiger partial charge is 0.407 e. The first-order chi connectivity index (χ1) is 15.4. The van der Waals surface area contributed by atoms with Crippen LogP contribution in [0.2, 0.25) is 0 Å². The molecule has 0 saturated heterocycles. The summed E-state index contributed by atoms with van der Waals surface area (Å²) in [5, 5.41) is 1.06. The Morgan fingerprint density at radius 1 is 1.12 bits per heavy atom. The number of hydrogen-bond acceptors (Lipinski definition) is 6. The molecule has 0 saturated carbocycles. The molecule has 0 aliphatic heterocycles. The van der Waals surface area contributed by atoms with Crippen molar-refractivity contribution in [2.75, 3.05) is 12.8 Å². The van der Waals surface area contributed by atoms with E-state index in [-0.39, 0.29) is 11.3 Å². The Hall–Kier alpha value is -3.46. The molecule has 0 spiro atoms. The minimum Gasteiger partial charge on any atom is -0.497 e. The van der Waals surface area contributed by atoms with Gasteiger partial charge in [0.05, 0.1) is 12.6 Å². The molecule has 0 amide bonds. The number of hydrogen-bond donors (Lipinski definition) is 3. The van der Waals surface area contributed by atoms with Gasteiger partial charge in [0.15, 0.2) is 5.82 Å². The number of ether oxygens (including phenoxy) is 1. The van der Waals surface area contributed by atoms with Gasteiger partial charge in [-0.2, -0.15) is 8.78 Å². The molecule has 11 heteroatoms. The van der Waals surface area contributed by atoms with Crippen LogP contribution in [0.5, 0.6) is 5.75 Å². The van der Waals surface area contributed by atoms with Crippen LogP contribution < -0.4 is 10.5 Å². The van der Waals surface area contributed by atoms with Gasteiger partial charge < -0.3 is 20.3 Å². The van der Waals surface area contributed by atoms with Crippen molar-refractivity contribution in [3.8, 4) is 16.9 Å². The maximum Gasteiger partial charge on any atom is 0.407 e. The van der Waals surface area contributed by atoms with Crippen LogP contribution in [0.15, 0.2) is 48.7 Å². The van der Waals surface area contributed by atoms with Gasteiger partial charge in [0, 0.05) is 28.1 Å². The third-order valence-corrected chi connectivity index (χ3v) is 6.24. The van der Waals surface area contributed by atoms with Crippen molar-refractivity contribution in [3.63, 3.8) is 0 Å². The molecule has 0 bridgehead atoms. The molecule has 0 aliphatic rings. The lowest BCUT2D eigenvalue weighted by molar-refractivity contribution is 0.0411. The number of fused-ring (bicyclic) bond motifs is 3. The molecule has 170 valence electrons. The Bertz CT molecular complexity index is 1490. The van der Waals surface area contributed by atoms with Crippen molar-refractivity contribution < 1.29 is 32.7 Å². The fraction of sp³-hybridized carbons (Fsp3) is 0.136. The molecule has 0 fully saturated rings. The van der Waals surface area contributed by atoms with Crippen molar-refractivity contribution >= 4 is 41.0 Å². The highest BCUT2D eigenvalue weighted by molar-refractivity contribution is 7.54. The number of aromatic nitrogens is 2. The van der Waals surface area contributed by atoms with Crippen molar-refractivity contribution in [1.82, 2.24) is 9.97 Å². The first kappa shape index (κ1) is 22.7. The minimum atomic E-state index is -6.00. The van der Waals surface area contributed by atoms with E-state index in [4.69, 9.17) is 20.3 Å². The number of aryl methyl sites for hydroxylation is 1. The summed E-state index contributed by atoms with van der Waals surface area (Å²) < 4.78 is 44.1. The van der Waals surface area contributed by atoms with E-state index in [1.807, 2.05) is 31.2 Å². The summed E-state index contributed by atoms with van der Waals surface area (Å²) in [7, 11) is -4.43. The zero-order valence-corrected chi connectivity index (χ0v) is 18.3. The van der Waals surface area contributed by atoms with Gasteiger partial charge in [-0.15, -0.1) is 0 Å². The predicted octanol–water partition coefficient (Wildman–Crippen LogP) is 4.30. The highest BCUT2D eigenvalue weighted by atomic mass is 31.2. The summed E-state index contributed by atoms with van der Waals surface area (Å²) in [5.74, 6) is -1.28. The maximum atomic E-state index is 13.9. The number of nitrogens with two attached hydrogens (primary N) is 1. The van der Waals surface area contributed by atoms with Crippen LogP contribution in [0.3, 0.4) is 0 Å². The molecule has 0 atom stereocenters. The number of alkyl halides is 2. The van der Waals surface area contributed by atoms with E-state index in [0.29, 0.717) is 22.0 Å². The van der Waals surface area contributed by atoms with E-state index < -0.39 is 24.6 Å². The number of benzene rings is 2. The highest BCUT2D eigenvalue weighted by Gasteiger charge is 2.55. The highest BCUT2D eigenvalue weighted by Crippen LogP contribution is 2.54. The largest absolute Gasteiger partial charge is 0.497 e. The zero-order valence-electron chi connectivity index (χ0n) is 17.4. The predicted molar refractivity (Wildman–Crippen MR) is 120 cm³/mol. The lowest BCUT2D eigenvalue weighted by Crippen LogP contribution is -2.28. The van der Waals surface area contributed by atoms with Gasteiger partial charge in [0.25, 0.3) is 0 Å². The molecule has 2 heterocycles. The van der Waals surface area contributed by atoms with Gasteiger partial charge in [-0.05, 0) is 42.3 Å². The summed E-state index contributed by atoms with van der Waals surface area (Å²) in [5.41, 5.74) is 3.65. The second kappa shape index (κ2) is 7.84. The third-order valence-electron chi connectivity index (χ3n) is 5.30. The van der Waals surface area contributed by atoms with Crippen LogP contribution in [0.25, 0.3) is 32.9 Å². The Morgan fingerprint density at radius 2 is 1.85 bits per heavy atom. The minimum absolute atomic E-state index is 0.0156. The molecular formula is C22H18F2N3O5P. The number of anilines is 1. The van der Waals surface area contributed by atoms with Crippen LogP contribution >= 0.6 is 7.60 Å². The number of carbonyl (C=O) groups excluding carboxylic acids is 1. The van der Waals surface area contributed by atoms with Gasteiger partial charge >= 0.3 is 13.3 Å². The number of carbonyl (C=O) groups is 1. The summed E-state index contributed by atoms with van der Waals surface area (Å²) in [4.78, 5) is 38.4. The standard InChI is InChI=1S/C22H18F2N3O5P/c1-11-7-14(32-2)4-6-15(11)13-8-17-16-5-3-12(20(28)22(23,24)33(29,30)31)9-18(16)27-21(25)19(17)26-10-13/h3-10H,1-2H3,(H2,25,27)(H2,29,30,31). The quantitative estimate of drug-likeness (QED) is 0.222. The van der Waals surface area contributed by atoms with E-state index in [1.54, 1.807) is 13.3 Å². The van der Waals surface area contributed by atoms with Crippen LogP contribution in [0.1, 0.15) is 15.9 Å². The lowest BCUT2D eigenvalue weighted by Gasteiger charge is -2.16. The number of nitrogens with zero attached hydrogens (tertiary/aromatic N) is 2. The summed E-state index contributed by atoms with van der Waals surface area (Å²) in [6.07, 6.45) is 1.64. The fourth-order valence-corrected chi connectivity index (χ4v) is 3.98. The molecule has 33 heavy (non-hydrogen) atoms. The van der Waals surface area contributed by atoms with Gasteiger partial charge in [-0.3, -0.25) is 14.3 Å². The fourth-order valence-electron chi connectivity index (χ4n) is 3.59. The number of pyridine rings is 2. The SMILES string of the molecule is COc1ccc(-c2cnc3c(N)nc4cc(C(=O)C(F)(F)P(=O)(O)O)ccc4c3c2)c(C)c1. The molecule has 0 radical (unpaired) electrons. The molecule has 0 aliphatic carbocycles. The van der Waals surface area contributed by atoms with Crippen LogP contribution in [-0.4, -0.2) is 38.3 Å². The molecule has 2 aromatic heterocycles. The van der Waals surface area contributed by atoms with Crippen molar-refractivity contribution in [2.24, 2.45) is 0 Å². The number of rotatable bonds is 5. The van der Waals surface area contributed by atoms with Crippen molar-refractivity contribution in [2.45, 2.75) is 12.6 Å². The zero-order chi connectivity index (χ0) is 24.1.